The lowest BCUT2D eigenvalue weighted by molar-refractivity contribution is 0.0595. The van der Waals surface area contributed by atoms with Gasteiger partial charge in [0.2, 0.25) is 22.9 Å². The molecule has 0 aliphatic carbocycles. The number of hydrogen-bond acceptors (Lipinski definition) is 9. The smallest absolute Gasteiger partial charge is 0.346 e. The van der Waals surface area contributed by atoms with Crippen LogP contribution in [-0.4, -0.2) is 50.2 Å². The van der Waals surface area contributed by atoms with Crippen LogP contribution < -0.4 is 15.5 Å². The first-order valence-corrected chi connectivity index (χ1v) is 8.09. The van der Waals surface area contributed by atoms with Crippen LogP contribution in [0.3, 0.4) is 0 Å². The highest BCUT2D eigenvalue weighted by Crippen LogP contribution is 2.14. The highest BCUT2D eigenvalue weighted by atomic mass is 32.2. The number of esters is 1. The van der Waals surface area contributed by atoms with E-state index in [1.807, 2.05) is 5.48 Å². The van der Waals surface area contributed by atoms with Crippen LogP contribution in [0.15, 0.2) is 17.3 Å². The topological polar surface area (TPSA) is 147 Å². The molecule has 12 nitrogen and oxygen atoms in total. The zero-order valence-corrected chi connectivity index (χ0v) is 15.1. The van der Waals surface area contributed by atoms with Gasteiger partial charge in [0.15, 0.2) is 5.03 Å². The second-order valence-electron chi connectivity index (χ2n) is 4.73. The fraction of sp³-hybridized carbons (Fsp3) is 0.308. The third-order valence-electron chi connectivity index (χ3n) is 2.92. The molecule has 2 N–H and O–H groups in total. The number of anilines is 1. The number of nitrogens with zero attached hydrogens (tertiary/aromatic N) is 4. The molecule has 2 aromatic rings. The fourth-order valence-electron chi connectivity index (χ4n) is 1.82. The number of nitrogens with one attached hydrogen (secondary N) is 2. The average molecular weight is 384 g/mol. The van der Waals surface area contributed by atoms with E-state index >= 15 is 0 Å². The Morgan fingerprint density at radius 3 is 2.65 bits per heavy atom. The monoisotopic (exact) mass is 384 g/mol. The Labute approximate surface area is 150 Å². The standard InChI is InChI=1S/C13H16N6O6S/c1-7-5-9(23-3)16-12(15-7)17-13(21)18-25-26(22)10-8(11(20)24-4)6-14-19(10)2/h5-6H,1-4H3,(H2,15,16,17,18,21). The maximum atomic E-state index is 12.2. The summed E-state index contributed by atoms with van der Waals surface area (Å²) >= 11 is -2.22. The number of ether oxygens (including phenoxy) is 2. The molecule has 0 fully saturated rings. The number of aryl methyl sites for hydroxylation is 2. The van der Waals surface area contributed by atoms with E-state index in [-0.39, 0.29) is 22.4 Å². The second kappa shape index (κ2) is 8.35. The predicted octanol–water partition coefficient (Wildman–Crippen LogP) is 0.0896. The van der Waals surface area contributed by atoms with Crippen molar-refractivity contribution >= 4 is 29.0 Å². The van der Waals surface area contributed by atoms with Crippen molar-refractivity contribution in [1.82, 2.24) is 25.2 Å². The molecule has 0 aliphatic heterocycles. The maximum Gasteiger partial charge on any atom is 0.346 e. The summed E-state index contributed by atoms with van der Waals surface area (Å²) in [6, 6.07) is 0.693. The number of methoxy groups -OCH3 is 2. The molecule has 0 saturated carbocycles. The minimum absolute atomic E-state index is 0.0375. The van der Waals surface area contributed by atoms with Crippen LogP contribution in [0.2, 0.25) is 0 Å². The van der Waals surface area contributed by atoms with E-state index in [1.54, 1.807) is 13.0 Å². The van der Waals surface area contributed by atoms with Crippen LogP contribution in [0, 0.1) is 6.92 Å². The summed E-state index contributed by atoms with van der Waals surface area (Å²) in [4.78, 5) is 31.4. The molecule has 2 rings (SSSR count). The number of aromatic nitrogens is 4. The van der Waals surface area contributed by atoms with Gasteiger partial charge in [-0.2, -0.15) is 14.4 Å². The van der Waals surface area contributed by atoms with Crippen LogP contribution in [-0.2, 0) is 27.1 Å². The van der Waals surface area contributed by atoms with Gasteiger partial charge < -0.3 is 9.47 Å². The van der Waals surface area contributed by atoms with Crippen LogP contribution in [0.1, 0.15) is 16.1 Å². The number of hydroxylamine groups is 1. The summed E-state index contributed by atoms with van der Waals surface area (Å²) in [5, 5.41) is 6.03. The highest BCUT2D eigenvalue weighted by molar-refractivity contribution is 7.80. The van der Waals surface area contributed by atoms with Gasteiger partial charge in [-0.1, -0.05) is 0 Å². The summed E-state index contributed by atoms with van der Waals surface area (Å²) in [5.41, 5.74) is 2.43. The Hall–Kier alpha value is -3.06. The highest BCUT2D eigenvalue weighted by Gasteiger charge is 2.23. The first kappa shape index (κ1) is 19.3. The number of urea groups is 1. The summed E-state index contributed by atoms with van der Waals surface area (Å²) in [5.74, 6) is -0.519. The van der Waals surface area contributed by atoms with Gasteiger partial charge >= 0.3 is 12.0 Å². The summed E-state index contributed by atoms with van der Waals surface area (Å²) < 4.78 is 27.7. The van der Waals surface area contributed by atoms with Crippen LogP contribution in [0.25, 0.3) is 0 Å². The molecule has 0 radical (unpaired) electrons. The lowest BCUT2D eigenvalue weighted by Crippen LogP contribution is -2.31. The minimum Gasteiger partial charge on any atom is -0.481 e. The fourth-order valence-corrected chi connectivity index (χ4v) is 2.63. The Kier molecular flexibility index (Phi) is 6.19. The molecule has 13 heteroatoms. The molecular weight excluding hydrogens is 368 g/mol. The second-order valence-corrected chi connectivity index (χ2v) is 5.75. The number of carbonyl (C=O) groups excluding carboxylic acids is 2. The van der Waals surface area contributed by atoms with Gasteiger partial charge in [-0.25, -0.2) is 24.3 Å². The normalized spacial score (nSPS) is 11.5. The van der Waals surface area contributed by atoms with Crippen LogP contribution >= 0.6 is 0 Å². The predicted molar refractivity (Wildman–Crippen MR) is 87.5 cm³/mol. The van der Waals surface area contributed by atoms with Gasteiger partial charge in [0.25, 0.3) is 0 Å². The first-order chi connectivity index (χ1) is 12.3. The molecule has 1 unspecified atom stereocenters. The van der Waals surface area contributed by atoms with Crippen molar-refractivity contribution in [2.45, 2.75) is 11.9 Å². The summed E-state index contributed by atoms with van der Waals surface area (Å²) in [7, 11) is 4.05. The largest absolute Gasteiger partial charge is 0.481 e. The van der Waals surface area contributed by atoms with E-state index in [2.05, 4.69) is 25.1 Å². The third kappa shape index (κ3) is 4.52. The molecule has 0 aliphatic rings. The molecule has 1 atom stereocenters. The van der Waals surface area contributed by atoms with Gasteiger partial charge in [-0.3, -0.25) is 10.00 Å². The molecule has 2 aromatic heterocycles. The van der Waals surface area contributed by atoms with E-state index in [1.165, 1.54) is 27.5 Å². The minimum atomic E-state index is -2.22. The Morgan fingerprint density at radius 2 is 2.00 bits per heavy atom. The molecule has 2 heterocycles. The molecule has 0 bridgehead atoms. The van der Waals surface area contributed by atoms with Crippen molar-refractivity contribution in [3.63, 3.8) is 0 Å². The SMILES string of the molecule is COC(=O)c1cnn(C)c1S(=O)ONC(=O)Nc1nc(C)cc(OC)n1. The summed E-state index contributed by atoms with van der Waals surface area (Å²) in [6.07, 6.45) is 1.18. The maximum absolute atomic E-state index is 12.2. The van der Waals surface area contributed by atoms with Crippen LogP contribution in [0.5, 0.6) is 5.88 Å². The molecular formula is C13H16N6O6S. The van der Waals surface area contributed by atoms with Gasteiger partial charge in [0.05, 0.1) is 20.4 Å². The Bertz CT molecular complexity index is 854. The number of carbonyl (C=O) groups is 2. The zero-order chi connectivity index (χ0) is 19.3. The van der Waals surface area contributed by atoms with Gasteiger partial charge in [-0.15, -0.1) is 0 Å². The Morgan fingerprint density at radius 1 is 1.27 bits per heavy atom. The van der Waals surface area contributed by atoms with E-state index in [4.69, 9.17) is 9.02 Å². The van der Waals surface area contributed by atoms with Crippen LogP contribution in [0.4, 0.5) is 10.7 Å². The number of amides is 2. The molecule has 0 spiro atoms. The Balaban J connectivity index is 2.02. The average Bonchev–Trinajstić information content (AvgIpc) is 3.00. The summed E-state index contributed by atoms with van der Waals surface area (Å²) in [6.45, 7) is 1.69. The van der Waals surface area contributed by atoms with Crippen molar-refractivity contribution in [2.24, 2.45) is 7.05 Å². The first-order valence-electron chi connectivity index (χ1n) is 7.01. The molecule has 0 aromatic carbocycles. The molecule has 2 amide bonds. The zero-order valence-electron chi connectivity index (χ0n) is 14.3. The van der Waals surface area contributed by atoms with E-state index in [0.29, 0.717) is 5.69 Å². The van der Waals surface area contributed by atoms with E-state index in [0.717, 1.165) is 4.68 Å². The third-order valence-corrected chi connectivity index (χ3v) is 3.96. The lowest BCUT2D eigenvalue weighted by atomic mass is 10.4. The van der Waals surface area contributed by atoms with E-state index < -0.39 is 23.1 Å². The molecule has 140 valence electrons. The lowest BCUT2D eigenvalue weighted by Gasteiger charge is -2.08. The van der Waals surface area contributed by atoms with Gasteiger partial charge in [0, 0.05) is 18.8 Å². The van der Waals surface area contributed by atoms with E-state index in [9.17, 15) is 13.8 Å². The van der Waals surface area contributed by atoms with Crippen molar-refractivity contribution in [3.8, 4) is 5.88 Å². The number of rotatable bonds is 6. The van der Waals surface area contributed by atoms with Gasteiger partial charge in [-0.05, 0) is 6.92 Å². The van der Waals surface area contributed by atoms with Crippen molar-refractivity contribution < 1.29 is 27.6 Å². The molecule has 0 saturated heterocycles. The van der Waals surface area contributed by atoms with Crippen molar-refractivity contribution in [1.29, 1.82) is 0 Å². The molecule has 26 heavy (non-hydrogen) atoms. The quantitative estimate of drug-likeness (QED) is 0.522. The van der Waals surface area contributed by atoms with Gasteiger partial charge in [0.1, 0.15) is 5.56 Å². The van der Waals surface area contributed by atoms with Crippen molar-refractivity contribution in [3.05, 3.63) is 23.5 Å². The number of hydrogen-bond donors (Lipinski definition) is 2. The van der Waals surface area contributed by atoms with Crippen molar-refractivity contribution in [2.75, 3.05) is 19.5 Å².